The number of aromatic nitrogens is 3. The predicted octanol–water partition coefficient (Wildman–Crippen LogP) is 2.96. The van der Waals surface area contributed by atoms with E-state index >= 15 is 0 Å². The van der Waals surface area contributed by atoms with Crippen molar-refractivity contribution < 1.29 is 19.2 Å². The van der Waals surface area contributed by atoms with Crippen LogP contribution in [0.3, 0.4) is 0 Å². The molecule has 0 saturated carbocycles. The number of hydrogen-bond acceptors (Lipinski definition) is 8. The average molecular weight is 527 g/mol. The summed E-state index contributed by atoms with van der Waals surface area (Å²) in [5.41, 5.74) is 7.19. The Bertz CT molecular complexity index is 1650. The van der Waals surface area contributed by atoms with Crippen molar-refractivity contribution in [3.8, 4) is 5.69 Å². The molecule has 2 aromatic carbocycles. The van der Waals surface area contributed by atoms with E-state index in [2.05, 4.69) is 38.2 Å². The van der Waals surface area contributed by atoms with Crippen LogP contribution in [0, 0.1) is 0 Å². The fraction of sp³-hybridized carbons (Fsp3) is 0.250. The third-order valence-corrected chi connectivity index (χ3v) is 6.97. The summed E-state index contributed by atoms with van der Waals surface area (Å²) in [5, 5.41) is 6.17. The molecule has 2 amide bonds. The quantitative estimate of drug-likeness (QED) is 0.313. The molecule has 11 heteroatoms. The van der Waals surface area contributed by atoms with Gasteiger partial charge in [0.05, 0.1) is 18.5 Å². The maximum Gasteiger partial charge on any atom is 0.407 e. The van der Waals surface area contributed by atoms with Crippen molar-refractivity contribution in [2.75, 3.05) is 19.0 Å². The number of cyclic esters (lactones) is 1. The van der Waals surface area contributed by atoms with Gasteiger partial charge in [-0.2, -0.15) is 4.98 Å². The summed E-state index contributed by atoms with van der Waals surface area (Å²) >= 11 is 0. The molecule has 39 heavy (non-hydrogen) atoms. The van der Waals surface area contributed by atoms with Crippen molar-refractivity contribution in [1.29, 1.82) is 0 Å². The van der Waals surface area contributed by atoms with Crippen LogP contribution < -0.4 is 21.5 Å². The first kappa shape index (κ1) is 24.6. The fourth-order valence-corrected chi connectivity index (χ4v) is 5.06. The monoisotopic (exact) mass is 526 g/mol. The van der Waals surface area contributed by atoms with Crippen molar-refractivity contribution in [1.82, 2.24) is 25.3 Å². The molecular formula is C28H26N6O5. The highest BCUT2D eigenvalue weighted by molar-refractivity contribution is 5.96. The highest BCUT2D eigenvalue weighted by atomic mass is 16.6. The Balaban J connectivity index is 1.35. The van der Waals surface area contributed by atoms with Gasteiger partial charge in [0, 0.05) is 23.8 Å². The molecule has 1 atom stereocenters. The van der Waals surface area contributed by atoms with Crippen molar-refractivity contribution in [3.05, 3.63) is 87.3 Å². The van der Waals surface area contributed by atoms with Crippen molar-refractivity contribution in [2.24, 2.45) is 0 Å². The number of hydrogen-bond donors (Lipinski definition) is 3. The molecule has 1 fully saturated rings. The first-order valence-corrected chi connectivity index (χ1v) is 12.7. The summed E-state index contributed by atoms with van der Waals surface area (Å²) in [7, 11) is 1.31. The van der Waals surface area contributed by atoms with Crippen molar-refractivity contribution in [3.63, 3.8) is 0 Å². The minimum absolute atomic E-state index is 0.0491. The fourth-order valence-electron chi connectivity index (χ4n) is 5.06. The lowest BCUT2D eigenvalue weighted by atomic mass is 10.1. The number of aryl methyl sites for hydroxylation is 2. The topological polar surface area (TPSA) is 136 Å². The number of benzene rings is 2. The lowest BCUT2D eigenvalue weighted by Crippen LogP contribution is -2.29. The van der Waals surface area contributed by atoms with Crippen LogP contribution in [0.25, 0.3) is 16.7 Å². The predicted molar refractivity (Wildman–Crippen MR) is 143 cm³/mol. The summed E-state index contributed by atoms with van der Waals surface area (Å²) in [6.07, 6.45) is 6.31. The Morgan fingerprint density at radius 1 is 1.15 bits per heavy atom. The summed E-state index contributed by atoms with van der Waals surface area (Å²) in [6.45, 7) is 0.352. The van der Waals surface area contributed by atoms with E-state index in [0.29, 0.717) is 24.6 Å². The van der Waals surface area contributed by atoms with E-state index in [1.54, 1.807) is 4.57 Å². The Labute approximate surface area is 223 Å². The molecule has 0 radical (unpaired) electrons. The minimum atomic E-state index is -0.648. The second-order valence-electron chi connectivity index (χ2n) is 9.58. The number of pyridine rings is 1. The first-order chi connectivity index (χ1) is 19.0. The zero-order valence-corrected chi connectivity index (χ0v) is 21.2. The second-order valence-corrected chi connectivity index (χ2v) is 9.58. The number of fused-ring (bicyclic) bond motifs is 2. The Morgan fingerprint density at radius 3 is 2.74 bits per heavy atom. The number of rotatable bonds is 7. The van der Waals surface area contributed by atoms with E-state index in [1.165, 1.54) is 30.6 Å². The average Bonchev–Trinajstić information content (AvgIpc) is 3.58. The molecule has 3 heterocycles. The molecule has 0 bridgehead atoms. The third-order valence-electron chi connectivity index (χ3n) is 6.97. The van der Waals surface area contributed by atoms with Gasteiger partial charge in [-0.15, -0.1) is 0 Å². The van der Waals surface area contributed by atoms with Gasteiger partial charge in [0.2, 0.25) is 11.4 Å². The van der Waals surface area contributed by atoms with Gasteiger partial charge in [-0.3, -0.25) is 14.4 Å². The van der Waals surface area contributed by atoms with E-state index in [0.717, 1.165) is 36.2 Å². The molecule has 1 aliphatic heterocycles. The van der Waals surface area contributed by atoms with E-state index in [4.69, 9.17) is 9.57 Å². The molecule has 6 rings (SSSR count). The molecule has 11 nitrogen and oxygen atoms in total. The molecule has 1 saturated heterocycles. The van der Waals surface area contributed by atoms with Gasteiger partial charge in [-0.25, -0.2) is 15.3 Å². The van der Waals surface area contributed by atoms with E-state index in [9.17, 15) is 14.4 Å². The van der Waals surface area contributed by atoms with E-state index in [1.807, 2.05) is 30.3 Å². The van der Waals surface area contributed by atoms with Crippen LogP contribution in [0.4, 0.5) is 16.4 Å². The highest BCUT2D eigenvalue weighted by Gasteiger charge is 2.22. The zero-order chi connectivity index (χ0) is 26.9. The van der Waals surface area contributed by atoms with E-state index in [-0.39, 0.29) is 17.0 Å². The molecule has 4 aromatic rings. The molecule has 2 aliphatic rings. The SMILES string of the molecule is CONC(=O)c1cn(-c2ccc3c(c2)CCC3)c2nc(Nc3ccc(C[C@H]4COC(=O)N4)cc3)ncc2c1=O. The highest BCUT2D eigenvalue weighted by Crippen LogP contribution is 2.26. The second kappa shape index (κ2) is 10.2. The summed E-state index contributed by atoms with van der Waals surface area (Å²) in [4.78, 5) is 50.9. The molecule has 198 valence electrons. The Morgan fingerprint density at radius 2 is 1.97 bits per heavy atom. The number of amides is 2. The molecular weight excluding hydrogens is 500 g/mol. The van der Waals surface area contributed by atoms with Crippen LogP contribution in [-0.2, 0) is 28.8 Å². The van der Waals surface area contributed by atoms with Crippen LogP contribution in [-0.4, -0.2) is 46.3 Å². The third kappa shape index (κ3) is 4.91. The largest absolute Gasteiger partial charge is 0.447 e. The van der Waals surface area contributed by atoms with Gasteiger partial charge in [-0.1, -0.05) is 18.2 Å². The maximum absolute atomic E-state index is 13.2. The van der Waals surface area contributed by atoms with Crippen LogP contribution >= 0.6 is 0 Å². The van der Waals surface area contributed by atoms with E-state index < -0.39 is 17.4 Å². The molecule has 3 N–H and O–H groups in total. The number of hydroxylamine groups is 1. The standard InChI is InChI=1S/C28H26N6O5/c1-38-33-26(36)23-14-34(21-10-7-17-3-2-4-18(17)12-21)25-22(24(23)35)13-29-27(32-25)30-19-8-5-16(6-9-19)11-20-15-39-28(37)31-20/h5-10,12-14,20H,2-4,11,15H2,1H3,(H,31,37)(H,33,36)(H,29,30,32)/t20-/m0/s1. The zero-order valence-electron chi connectivity index (χ0n) is 21.2. The van der Waals surface area contributed by atoms with Gasteiger partial charge < -0.3 is 19.9 Å². The molecule has 2 aromatic heterocycles. The van der Waals surface area contributed by atoms with Gasteiger partial charge in [0.1, 0.15) is 12.2 Å². The lowest BCUT2D eigenvalue weighted by Gasteiger charge is -2.15. The van der Waals surface area contributed by atoms with Gasteiger partial charge in [0.15, 0.2) is 5.65 Å². The Hall–Kier alpha value is -4.77. The number of carbonyl (C=O) groups is 2. The van der Waals surface area contributed by atoms with Crippen LogP contribution in [0.1, 0.15) is 33.5 Å². The summed E-state index contributed by atoms with van der Waals surface area (Å²) in [5.74, 6) is -0.347. The number of nitrogens with zero attached hydrogens (tertiary/aromatic N) is 3. The molecule has 1 aliphatic carbocycles. The normalized spacial score (nSPS) is 16.0. The number of nitrogens with one attached hydrogen (secondary N) is 3. The number of anilines is 2. The van der Waals surface area contributed by atoms with Crippen molar-refractivity contribution >= 4 is 34.7 Å². The smallest absolute Gasteiger partial charge is 0.407 e. The van der Waals surface area contributed by atoms with Crippen LogP contribution in [0.5, 0.6) is 0 Å². The van der Waals surface area contributed by atoms with Gasteiger partial charge in [0.25, 0.3) is 5.91 Å². The van der Waals surface area contributed by atoms with Gasteiger partial charge in [-0.05, 0) is 66.6 Å². The number of alkyl carbamates (subject to hydrolysis) is 1. The number of ether oxygens (including phenoxy) is 1. The lowest BCUT2D eigenvalue weighted by molar-refractivity contribution is 0.0536. The molecule has 0 unspecified atom stereocenters. The summed E-state index contributed by atoms with van der Waals surface area (Å²) < 4.78 is 6.69. The minimum Gasteiger partial charge on any atom is -0.447 e. The van der Waals surface area contributed by atoms with Gasteiger partial charge >= 0.3 is 6.09 Å². The molecule has 0 spiro atoms. The summed E-state index contributed by atoms with van der Waals surface area (Å²) in [6, 6.07) is 13.8. The van der Waals surface area contributed by atoms with Crippen LogP contribution in [0.15, 0.2) is 59.7 Å². The number of carbonyl (C=O) groups excluding carboxylic acids is 2. The Kier molecular flexibility index (Phi) is 6.41. The maximum atomic E-state index is 13.2. The van der Waals surface area contributed by atoms with Crippen molar-refractivity contribution in [2.45, 2.75) is 31.7 Å². The van der Waals surface area contributed by atoms with Crippen LogP contribution in [0.2, 0.25) is 0 Å². The first-order valence-electron chi connectivity index (χ1n) is 12.7.